The number of hydrogen-bond acceptors (Lipinski definition) is 3. The second-order valence-electron chi connectivity index (χ2n) is 5.59. The number of nitrogens with zero attached hydrogens (tertiary/aromatic N) is 2. The molecule has 4 heteroatoms. The zero-order valence-electron chi connectivity index (χ0n) is 11.5. The van der Waals surface area contributed by atoms with Crippen molar-refractivity contribution in [1.82, 2.24) is 9.80 Å². The molecule has 0 aromatic heterocycles. The summed E-state index contributed by atoms with van der Waals surface area (Å²) >= 11 is 0. The predicted molar refractivity (Wildman–Crippen MR) is 73.2 cm³/mol. The van der Waals surface area contributed by atoms with Crippen LogP contribution in [0.2, 0.25) is 0 Å². The largest absolute Gasteiger partial charge is 0.378 e. The normalized spacial score (nSPS) is 27.4. The van der Waals surface area contributed by atoms with Crippen LogP contribution in [0.25, 0.3) is 0 Å². The number of amides is 1. The van der Waals surface area contributed by atoms with Crippen LogP contribution in [0.5, 0.6) is 0 Å². The maximum absolute atomic E-state index is 12.5. The van der Waals surface area contributed by atoms with E-state index in [4.69, 9.17) is 4.74 Å². The molecule has 2 aliphatic rings. The minimum atomic E-state index is 0.144. The predicted octanol–water partition coefficient (Wildman–Crippen LogP) is 1.15. The number of fused-ring (bicyclic) bond motifs is 2. The lowest BCUT2D eigenvalue weighted by molar-refractivity contribution is -0.0776. The van der Waals surface area contributed by atoms with Crippen molar-refractivity contribution in [1.29, 1.82) is 0 Å². The van der Waals surface area contributed by atoms with Crippen LogP contribution in [0.1, 0.15) is 15.9 Å². The monoisotopic (exact) mass is 260 g/mol. The van der Waals surface area contributed by atoms with E-state index in [2.05, 4.69) is 11.9 Å². The van der Waals surface area contributed by atoms with Crippen molar-refractivity contribution < 1.29 is 9.53 Å². The topological polar surface area (TPSA) is 32.8 Å². The van der Waals surface area contributed by atoms with Gasteiger partial charge in [0.05, 0.1) is 25.3 Å². The Kier molecular flexibility index (Phi) is 3.29. The summed E-state index contributed by atoms with van der Waals surface area (Å²) in [6, 6.07) is 8.49. The van der Waals surface area contributed by atoms with Gasteiger partial charge in [0.15, 0.2) is 0 Å². The standard InChI is InChI=1S/C15H20N2O2/c1-11-3-5-12(6-4-11)15(18)17-7-13-9-19-10-14(8-17)16(13)2/h3-6,13-14H,7-10H2,1-2H3. The van der Waals surface area contributed by atoms with Crippen LogP contribution in [0, 0.1) is 6.92 Å². The van der Waals surface area contributed by atoms with Crippen LogP contribution in [0.4, 0.5) is 0 Å². The van der Waals surface area contributed by atoms with E-state index in [0.717, 1.165) is 31.9 Å². The maximum Gasteiger partial charge on any atom is 0.253 e. The van der Waals surface area contributed by atoms with Crippen LogP contribution < -0.4 is 0 Å². The number of carbonyl (C=O) groups excluding carboxylic acids is 1. The Hall–Kier alpha value is -1.39. The van der Waals surface area contributed by atoms with Crippen LogP contribution >= 0.6 is 0 Å². The molecule has 2 atom stereocenters. The molecule has 2 fully saturated rings. The fraction of sp³-hybridized carbons (Fsp3) is 0.533. The molecule has 1 amide bonds. The average molecular weight is 260 g/mol. The van der Waals surface area contributed by atoms with Crippen LogP contribution in [-0.4, -0.2) is 61.1 Å². The third-order valence-electron chi connectivity index (χ3n) is 4.22. The molecule has 19 heavy (non-hydrogen) atoms. The minimum absolute atomic E-state index is 0.144. The van der Waals surface area contributed by atoms with Crippen molar-refractivity contribution in [3.8, 4) is 0 Å². The number of likely N-dealkylation sites (N-methyl/N-ethyl adjacent to an activating group) is 1. The Balaban J connectivity index is 1.76. The van der Waals surface area contributed by atoms with Gasteiger partial charge in [-0.05, 0) is 26.1 Å². The fourth-order valence-electron chi connectivity index (χ4n) is 2.86. The molecule has 0 aliphatic carbocycles. The first kappa shape index (κ1) is 12.6. The lowest BCUT2D eigenvalue weighted by Crippen LogP contribution is -2.64. The molecular weight excluding hydrogens is 240 g/mol. The van der Waals surface area contributed by atoms with E-state index in [-0.39, 0.29) is 5.91 Å². The summed E-state index contributed by atoms with van der Waals surface area (Å²) in [5.74, 6) is 0.144. The van der Waals surface area contributed by atoms with Gasteiger partial charge in [-0.2, -0.15) is 0 Å². The molecule has 2 bridgehead atoms. The minimum Gasteiger partial charge on any atom is -0.378 e. The molecule has 2 heterocycles. The first-order valence-corrected chi connectivity index (χ1v) is 6.81. The first-order chi connectivity index (χ1) is 9.15. The maximum atomic E-state index is 12.5. The average Bonchev–Trinajstić information content (AvgIpc) is 2.38. The van der Waals surface area contributed by atoms with E-state index in [0.29, 0.717) is 12.1 Å². The van der Waals surface area contributed by atoms with Gasteiger partial charge in [0.25, 0.3) is 5.91 Å². The third kappa shape index (κ3) is 2.38. The van der Waals surface area contributed by atoms with Gasteiger partial charge in [0.2, 0.25) is 0 Å². The lowest BCUT2D eigenvalue weighted by atomic mass is 10.0. The molecule has 0 N–H and O–H groups in total. The van der Waals surface area contributed by atoms with Crippen LogP contribution in [-0.2, 0) is 4.74 Å². The number of piperazine rings is 1. The number of carbonyl (C=O) groups is 1. The van der Waals surface area contributed by atoms with E-state index in [9.17, 15) is 4.79 Å². The van der Waals surface area contributed by atoms with E-state index in [1.807, 2.05) is 36.1 Å². The highest BCUT2D eigenvalue weighted by Crippen LogP contribution is 2.21. The molecule has 3 rings (SSSR count). The van der Waals surface area contributed by atoms with Gasteiger partial charge in [-0.1, -0.05) is 17.7 Å². The van der Waals surface area contributed by atoms with E-state index < -0.39 is 0 Å². The lowest BCUT2D eigenvalue weighted by Gasteiger charge is -2.48. The molecule has 2 aliphatic heterocycles. The zero-order valence-corrected chi connectivity index (χ0v) is 11.5. The van der Waals surface area contributed by atoms with Crippen molar-refractivity contribution in [2.75, 3.05) is 33.4 Å². The molecular formula is C15H20N2O2. The highest BCUT2D eigenvalue weighted by molar-refractivity contribution is 5.94. The van der Waals surface area contributed by atoms with Crippen molar-refractivity contribution in [2.45, 2.75) is 19.0 Å². The summed E-state index contributed by atoms with van der Waals surface area (Å²) in [5.41, 5.74) is 1.97. The molecule has 0 spiro atoms. The van der Waals surface area contributed by atoms with Crippen LogP contribution in [0.15, 0.2) is 24.3 Å². The van der Waals surface area contributed by atoms with Crippen molar-refractivity contribution >= 4 is 5.91 Å². The van der Waals surface area contributed by atoms with Crippen molar-refractivity contribution in [3.63, 3.8) is 0 Å². The molecule has 0 saturated carbocycles. The Morgan fingerprint density at radius 3 is 2.32 bits per heavy atom. The molecule has 0 radical (unpaired) electrons. The first-order valence-electron chi connectivity index (χ1n) is 6.81. The van der Waals surface area contributed by atoms with E-state index in [1.54, 1.807) is 0 Å². The highest BCUT2D eigenvalue weighted by atomic mass is 16.5. The molecule has 4 nitrogen and oxygen atoms in total. The van der Waals surface area contributed by atoms with Gasteiger partial charge >= 0.3 is 0 Å². The van der Waals surface area contributed by atoms with Gasteiger partial charge in [-0.15, -0.1) is 0 Å². The fourth-order valence-corrected chi connectivity index (χ4v) is 2.86. The van der Waals surface area contributed by atoms with Gasteiger partial charge < -0.3 is 9.64 Å². The van der Waals surface area contributed by atoms with Crippen molar-refractivity contribution in [2.24, 2.45) is 0 Å². The molecule has 102 valence electrons. The summed E-state index contributed by atoms with van der Waals surface area (Å²) in [6.45, 7) is 5.01. The highest BCUT2D eigenvalue weighted by Gasteiger charge is 2.37. The second kappa shape index (κ2) is 4.94. The molecule has 1 aromatic carbocycles. The van der Waals surface area contributed by atoms with Crippen LogP contribution in [0.3, 0.4) is 0 Å². The van der Waals surface area contributed by atoms with Gasteiger partial charge in [-0.25, -0.2) is 0 Å². The smallest absolute Gasteiger partial charge is 0.253 e. The summed E-state index contributed by atoms with van der Waals surface area (Å²) in [4.78, 5) is 16.8. The van der Waals surface area contributed by atoms with Gasteiger partial charge in [0.1, 0.15) is 0 Å². The summed E-state index contributed by atoms with van der Waals surface area (Å²) < 4.78 is 5.58. The van der Waals surface area contributed by atoms with Gasteiger partial charge in [0, 0.05) is 18.7 Å². The number of hydrogen-bond donors (Lipinski definition) is 0. The summed E-state index contributed by atoms with van der Waals surface area (Å²) in [6.07, 6.45) is 0. The number of benzene rings is 1. The third-order valence-corrected chi connectivity index (χ3v) is 4.22. The second-order valence-corrected chi connectivity index (χ2v) is 5.59. The quantitative estimate of drug-likeness (QED) is 0.759. The number of rotatable bonds is 1. The van der Waals surface area contributed by atoms with Crippen molar-refractivity contribution in [3.05, 3.63) is 35.4 Å². The van der Waals surface area contributed by atoms with Gasteiger partial charge in [-0.3, -0.25) is 9.69 Å². The summed E-state index contributed by atoms with van der Waals surface area (Å²) in [7, 11) is 2.13. The number of ether oxygens (including phenoxy) is 1. The molecule has 2 unspecified atom stereocenters. The Morgan fingerprint density at radius 2 is 1.74 bits per heavy atom. The number of morpholine rings is 1. The van der Waals surface area contributed by atoms with E-state index in [1.165, 1.54) is 5.56 Å². The molecule has 1 aromatic rings. The molecule has 2 saturated heterocycles. The zero-order chi connectivity index (χ0) is 13.4. The summed E-state index contributed by atoms with van der Waals surface area (Å²) in [5, 5.41) is 0. The van der Waals surface area contributed by atoms with E-state index >= 15 is 0 Å². The Bertz CT molecular complexity index is 458. The Morgan fingerprint density at radius 1 is 1.16 bits per heavy atom. The SMILES string of the molecule is Cc1ccc(C(=O)N2CC3COCC(C2)N3C)cc1. The number of aryl methyl sites for hydroxylation is 1. The Labute approximate surface area is 113 Å².